The first kappa shape index (κ1) is 39.7. The van der Waals surface area contributed by atoms with Crippen LogP contribution in [-0.4, -0.2) is 25.3 Å². The van der Waals surface area contributed by atoms with Crippen LogP contribution >= 0.6 is 24.0 Å². The third kappa shape index (κ3) is 7.43. The first-order chi connectivity index (χ1) is 29.0. The van der Waals surface area contributed by atoms with Crippen molar-refractivity contribution in [1.29, 1.82) is 0 Å². The zero-order chi connectivity index (χ0) is 40.9. The molecule has 0 atom stereocenters. The van der Waals surface area contributed by atoms with Gasteiger partial charge in [0.1, 0.15) is 0 Å². The Morgan fingerprint density at radius 3 is 1.63 bits per heavy atom. The Balaban J connectivity index is 0.000000763. The van der Waals surface area contributed by atoms with Gasteiger partial charge in [-0.15, -0.1) is 11.3 Å². The first-order valence-corrected chi connectivity index (χ1v) is 22.0. The van der Waals surface area contributed by atoms with E-state index in [0.717, 1.165) is 34.6 Å². The lowest BCUT2D eigenvalue weighted by molar-refractivity contribution is 1.07. The van der Waals surface area contributed by atoms with E-state index in [0.29, 0.717) is 17.5 Å². The van der Waals surface area contributed by atoms with Crippen molar-refractivity contribution in [1.82, 2.24) is 19.5 Å². The maximum atomic E-state index is 5.01. The third-order valence-electron chi connectivity index (χ3n) is 10.3. The topological polar surface area (TPSA) is 43.6 Å². The lowest BCUT2D eigenvalue weighted by atomic mass is 9.92. The van der Waals surface area contributed by atoms with Crippen LogP contribution in [0.2, 0.25) is 0 Å². The van der Waals surface area contributed by atoms with Crippen LogP contribution in [0.5, 0.6) is 0 Å². The normalized spacial score (nSPS) is 11.4. The van der Waals surface area contributed by atoms with Crippen LogP contribution in [0.4, 0.5) is 0 Å². The van der Waals surface area contributed by atoms with Gasteiger partial charge in [0.05, 0.1) is 11.0 Å². The molecule has 3 heterocycles. The molecule has 0 radical (unpaired) electrons. The molecule has 292 valence electrons. The number of fused-ring (bicyclic) bond motifs is 9. The second-order valence-corrected chi connectivity index (χ2v) is 16.1. The van der Waals surface area contributed by atoms with Gasteiger partial charge in [-0.3, -0.25) is 0 Å². The summed E-state index contributed by atoms with van der Waals surface area (Å²) in [6, 6.07) is 51.4. The van der Waals surface area contributed by atoms with Gasteiger partial charge in [-0.25, -0.2) is 15.0 Å². The summed E-state index contributed by atoms with van der Waals surface area (Å²) in [4.78, 5) is 14.9. The zero-order valence-corrected chi connectivity index (χ0v) is 36.0. The van der Waals surface area contributed by atoms with Crippen molar-refractivity contribution in [3.8, 4) is 39.9 Å². The van der Waals surface area contributed by atoms with Gasteiger partial charge in [0, 0.05) is 58.9 Å². The van der Waals surface area contributed by atoms with Crippen molar-refractivity contribution in [2.45, 2.75) is 47.5 Å². The zero-order valence-electron chi connectivity index (χ0n) is 34.3. The highest BCUT2D eigenvalue weighted by atomic mass is 32.1. The Hall–Kier alpha value is -6.08. The van der Waals surface area contributed by atoms with Crippen LogP contribution in [0.1, 0.15) is 52.2 Å². The number of nitrogens with zero attached hydrogens (tertiary/aromatic N) is 4. The number of thiol groups is 1. The standard InChI is InChI=1S/C48H34N4S.C3H8.C2H6S/c1-3-15-38-34(4-2)35-20-11-12-22-37(35)42-43-40(29-28-39-36-21-13-14-23-41(36)53-45(39)43)52(44(38)42)33-26-24-32(25-27-33)48-50-46(30-16-7-5-8-17-30)49-47(51-48)31-18-9-6-10-19-31;1-3-2;1-2-3/h3,5-29H,4H2,1-2H3;3H2,1-2H3;3H,2H2,1H3/b15-3-;;. The van der Waals surface area contributed by atoms with Crippen LogP contribution < -0.4 is 0 Å². The van der Waals surface area contributed by atoms with Crippen molar-refractivity contribution in [2.75, 3.05) is 5.75 Å². The van der Waals surface area contributed by atoms with Crippen molar-refractivity contribution >= 4 is 82.8 Å². The number of allylic oxidation sites excluding steroid dienone is 1. The predicted octanol–water partition coefficient (Wildman–Crippen LogP) is 15.4. The fraction of sp³-hybridized carbons (Fsp3) is 0.151. The maximum absolute atomic E-state index is 5.01. The molecule has 4 nitrogen and oxygen atoms in total. The minimum absolute atomic E-state index is 0.646. The van der Waals surface area contributed by atoms with Gasteiger partial charge in [0.2, 0.25) is 0 Å². The van der Waals surface area contributed by atoms with E-state index in [4.69, 9.17) is 15.0 Å². The summed E-state index contributed by atoms with van der Waals surface area (Å²) in [6.45, 7) is 10.6. The molecular weight excluding hydrogens is 757 g/mol. The molecule has 0 N–H and O–H groups in total. The molecule has 0 saturated heterocycles. The number of thiophene rings is 1. The number of hydrogen-bond acceptors (Lipinski definition) is 5. The molecule has 10 aromatic rings. The summed E-state index contributed by atoms with van der Waals surface area (Å²) in [5, 5.41) is 7.85. The first-order valence-electron chi connectivity index (χ1n) is 20.6. The quantitative estimate of drug-likeness (QED) is 0.170. The molecule has 0 aliphatic rings. The van der Waals surface area contributed by atoms with Gasteiger partial charge in [-0.05, 0) is 71.8 Å². The molecule has 0 aliphatic carbocycles. The lowest BCUT2D eigenvalue weighted by Crippen LogP contribution is -2.01. The molecule has 0 aliphatic heterocycles. The van der Waals surface area contributed by atoms with Crippen molar-refractivity contribution in [3.63, 3.8) is 0 Å². The SMILES string of the molecule is C/C=C\c1c(CC)c2ccccc2c2c3c4sc5ccccc5c4ccc3n(-c3ccc(-c4nc(-c5ccccc5)nc(-c5ccccc5)n4)cc3)c12.CCC.CCS. The molecule has 0 fully saturated rings. The van der Waals surface area contributed by atoms with Crippen LogP contribution in [0.3, 0.4) is 0 Å². The summed E-state index contributed by atoms with van der Waals surface area (Å²) in [5.41, 5.74) is 9.03. The van der Waals surface area contributed by atoms with Gasteiger partial charge in [0.15, 0.2) is 17.5 Å². The molecule has 59 heavy (non-hydrogen) atoms. The van der Waals surface area contributed by atoms with Crippen LogP contribution in [-0.2, 0) is 6.42 Å². The van der Waals surface area contributed by atoms with E-state index < -0.39 is 0 Å². The molecule has 0 bridgehead atoms. The largest absolute Gasteiger partial charge is 0.309 e. The second kappa shape index (κ2) is 17.8. The van der Waals surface area contributed by atoms with Gasteiger partial charge in [0.25, 0.3) is 0 Å². The molecule has 7 aromatic carbocycles. The highest BCUT2D eigenvalue weighted by molar-refractivity contribution is 7.80. The van der Waals surface area contributed by atoms with Crippen molar-refractivity contribution in [3.05, 3.63) is 163 Å². The monoisotopic (exact) mass is 804 g/mol. The Morgan fingerprint density at radius 1 is 0.559 bits per heavy atom. The molecule has 0 saturated carbocycles. The number of hydrogen-bond donors (Lipinski definition) is 1. The molecule has 6 heteroatoms. The number of benzene rings is 7. The highest BCUT2D eigenvalue weighted by Gasteiger charge is 2.24. The van der Waals surface area contributed by atoms with E-state index in [1.807, 2.05) is 78.9 Å². The Kier molecular flexibility index (Phi) is 12.0. The molecular formula is C53H48N4S2. The van der Waals surface area contributed by atoms with Gasteiger partial charge < -0.3 is 4.57 Å². The molecule has 10 rings (SSSR count). The van der Waals surface area contributed by atoms with E-state index in [1.165, 1.54) is 70.3 Å². The van der Waals surface area contributed by atoms with Gasteiger partial charge in [-0.1, -0.05) is 155 Å². The summed E-state index contributed by atoms with van der Waals surface area (Å²) in [6.07, 6.45) is 6.67. The van der Waals surface area contributed by atoms with Gasteiger partial charge in [-0.2, -0.15) is 12.6 Å². The number of aromatic nitrogens is 4. The van der Waals surface area contributed by atoms with E-state index in [1.54, 1.807) is 0 Å². The molecule has 3 aromatic heterocycles. The Labute approximate surface area is 356 Å². The minimum atomic E-state index is 0.646. The van der Waals surface area contributed by atoms with Crippen LogP contribution in [0.25, 0.3) is 98.7 Å². The number of aryl methyl sites for hydroxylation is 1. The smallest absolute Gasteiger partial charge is 0.164 e. The van der Waals surface area contributed by atoms with Gasteiger partial charge >= 0.3 is 0 Å². The molecule has 0 spiro atoms. The molecule has 0 unspecified atom stereocenters. The highest BCUT2D eigenvalue weighted by Crippen LogP contribution is 2.47. The van der Waals surface area contributed by atoms with Crippen LogP contribution in [0, 0.1) is 0 Å². The van der Waals surface area contributed by atoms with Crippen molar-refractivity contribution < 1.29 is 0 Å². The number of rotatable bonds is 6. The fourth-order valence-electron chi connectivity index (χ4n) is 8.02. The third-order valence-corrected chi connectivity index (χ3v) is 11.6. The van der Waals surface area contributed by atoms with Crippen molar-refractivity contribution in [2.24, 2.45) is 0 Å². The van der Waals surface area contributed by atoms with Crippen LogP contribution in [0.15, 0.2) is 152 Å². The Morgan fingerprint density at radius 2 is 1.07 bits per heavy atom. The maximum Gasteiger partial charge on any atom is 0.164 e. The summed E-state index contributed by atoms with van der Waals surface area (Å²) in [7, 11) is 0. The summed E-state index contributed by atoms with van der Waals surface area (Å²) in [5.74, 6) is 2.90. The molecule has 0 amide bonds. The second-order valence-electron chi connectivity index (χ2n) is 14.4. The van der Waals surface area contributed by atoms with E-state index >= 15 is 0 Å². The average Bonchev–Trinajstić information content (AvgIpc) is 3.84. The summed E-state index contributed by atoms with van der Waals surface area (Å²) >= 11 is 5.69. The van der Waals surface area contributed by atoms with E-state index in [2.05, 4.69) is 142 Å². The minimum Gasteiger partial charge on any atom is -0.309 e. The predicted molar refractivity (Wildman–Crippen MR) is 260 cm³/mol. The van der Waals surface area contributed by atoms with E-state index in [9.17, 15) is 0 Å². The summed E-state index contributed by atoms with van der Waals surface area (Å²) < 4.78 is 5.12. The Bertz CT molecular complexity index is 3010. The average molecular weight is 805 g/mol. The fourth-order valence-corrected chi connectivity index (χ4v) is 9.27. The lowest BCUT2D eigenvalue weighted by Gasteiger charge is -2.16. The van der Waals surface area contributed by atoms with E-state index in [-0.39, 0.29) is 0 Å².